The molecule has 1 nitrogen and oxygen atoms in total. The largest absolute Gasteiger partial charge is 0.295 e. The van der Waals surface area contributed by atoms with Crippen molar-refractivity contribution in [2.45, 2.75) is 65.7 Å². The van der Waals surface area contributed by atoms with Gasteiger partial charge in [-0.1, -0.05) is 32.1 Å². The molecular formula is C16H26OSi. The van der Waals surface area contributed by atoms with Crippen molar-refractivity contribution in [3.05, 3.63) is 11.1 Å². The Bertz CT molecular complexity index is 428. The predicted octanol–water partition coefficient (Wildman–Crippen LogP) is 4.42. The molecule has 0 aromatic carbocycles. The van der Waals surface area contributed by atoms with E-state index < -0.39 is 8.07 Å². The molecule has 1 atom stereocenters. The van der Waals surface area contributed by atoms with Crippen LogP contribution in [0.25, 0.3) is 0 Å². The first kappa shape index (κ1) is 15.2. The Morgan fingerprint density at radius 1 is 1.22 bits per heavy atom. The minimum Gasteiger partial charge on any atom is -0.295 e. The van der Waals surface area contributed by atoms with Gasteiger partial charge in [0.2, 0.25) is 0 Å². The molecule has 1 rings (SSSR count). The first-order valence-electron chi connectivity index (χ1n) is 6.83. The lowest BCUT2D eigenvalue weighted by Crippen LogP contribution is -2.17. The van der Waals surface area contributed by atoms with Crippen molar-refractivity contribution in [3.63, 3.8) is 0 Å². The second-order valence-electron chi connectivity index (χ2n) is 7.00. The molecule has 0 aromatic heterocycles. The summed E-state index contributed by atoms with van der Waals surface area (Å²) in [5, 5.41) is 0. The summed E-state index contributed by atoms with van der Waals surface area (Å²) < 4.78 is 0. The van der Waals surface area contributed by atoms with Gasteiger partial charge in [0, 0.05) is 18.9 Å². The van der Waals surface area contributed by atoms with Crippen molar-refractivity contribution in [2.24, 2.45) is 5.41 Å². The average Bonchev–Trinajstić information content (AvgIpc) is 2.41. The molecule has 0 amide bonds. The topological polar surface area (TPSA) is 17.1 Å². The highest BCUT2D eigenvalue weighted by atomic mass is 28.3. The second-order valence-corrected chi connectivity index (χ2v) is 12.5. The maximum absolute atomic E-state index is 11.7. The van der Waals surface area contributed by atoms with Crippen LogP contribution in [0, 0.1) is 17.3 Å². The van der Waals surface area contributed by atoms with E-state index in [0.717, 1.165) is 24.5 Å². The smallest absolute Gasteiger partial charge is 0.159 e. The Morgan fingerprint density at radius 3 is 2.28 bits per heavy atom. The van der Waals surface area contributed by atoms with Gasteiger partial charge in [-0.25, -0.2) is 0 Å². The van der Waals surface area contributed by atoms with E-state index in [9.17, 15) is 4.79 Å². The molecule has 0 bridgehead atoms. The minimum atomic E-state index is -1.03. The summed E-state index contributed by atoms with van der Waals surface area (Å²) in [5.74, 6) is 6.93. The van der Waals surface area contributed by atoms with Crippen LogP contribution in [0.15, 0.2) is 11.1 Å². The van der Waals surface area contributed by atoms with Crippen LogP contribution >= 0.6 is 0 Å². The minimum absolute atomic E-state index is 0.0645. The third kappa shape index (κ3) is 3.85. The zero-order chi connectivity index (χ0) is 14.0. The third-order valence-corrected chi connectivity index (χ3v) is 5.22. The molecule has 1 aliphatic carbocycles. The van der Waals surface area contributed by atoms with E-state index in [-0.39, 0.29) is 5.41 Å². The molecular weight excluding hydrogens is 236 g/mol. The van der Waals surface area contributed by atoms with Gasteiger partial charge in [-0.3, -0.25) is 4.79 Å². The number of hydrogen-bond acceptors (Lipinski definition) is 1. The molecule has 0 saturated heterocycles. The van der Waals surface area contributed by atoms with Crippen molar-refractivity contribution in [1.29, 1.82) is 0 Å². The second kappa shape index (κ2) is 5.44. The van der Waals surface area contributed by atoms with Gasteiger partial charge in [0.25, 0.3) is 0 Å². The highest BCUT2D eigenvalue weighted by Gasteiger charge is 2.36. The van der Waals surface area contributed by atoms with E-state index in [2.05, 4.69) is 45.3 Å². The summed E-state index contributed by atoms with van der Waals surface area (Å²) in [6, 6.07) is 1.08. The number of carbonyl (C=O) groups is 1. The summed E-state index contributed by atoms with van der Waals surface area (Å²) in [6.45, 7) is 13.3. The molecule has 2 heteroatoms. The normalized spacial score (nSPS) is 24.2. The van der Waals surface area contributed by atoms with Crippen LogP contribution in [0.2, 0.25) is 25.7 Å². The van der Waals surface area contributed by atoms with E-state index in [1.54, 1.807) is 0 Å². The van der Waals surface area contributed by atoms with E-state index in [0.29, 0.717) is 12.2 Å². The Morgan fingerprint density at radius 2 is 1.83 bits per heavy atom. The summed E-state index contributed by atoms with van der Waals surface area (Å²) in [7, 11) is -1.03. The van der Waals surface area contributed by atoms with Crippen molar-refractivity contribution in [1.82, 2.24) is 0 Å². The Hall–Kier alpha value is -0.813. The van der Waals surface area contributed by atoms with Crippen LogP contribution in [0.5, 0.6) is 0 Å². The van der Waals surface area contributed by atoms with Crippen molar-refractivity contribution in [3.8, 4) is 11.8 Å². The molecule has 0 fully saturated rings. The molecule has 0 spiro atoms. The van der Waals surface area contributed by atoms with E-state index in [1.807, 2.05) is 6.92 Å². The zero-order valence-electron chi connectivity index (χ0n) is 12.7. The highest BCUT2D eigenvalue weighted by Crippen LogP contribution is 2.43. The van der Waals surface area contributed by atoms with Crippen LogP contribution in [-0.2, 0) is 4.79 Å². The van der Waals surface area contributed by atoms with Crippen LogP contribution < -0.4 is 0 Å². The maximum atomic E-state index is 11.7. The van der Waals surface area contributed by atoms with E-state index >= 15 is 0 Å². The van der Waals surface area contributed by atoms with Gasteiger partial charge in [0.05, 0.1) is 8.07 Å². The van der Waals surface area contributed by atoms with Crippen LogP contribution in [-0.4, -0.2) is 13.9 Å². The summed E-state index contributed by atoms with van der Waals surface area (Å²) in [6.07, 6.45) is 2.61. The quantitative estimate of drug-likeness (QED) is 0.543. The molecule has 100 valence electrons. The van der Waals surface area contributed by atoms with Crippen molar-refractivity contribution in [2.75, 3.05) is 0 Å². The number of hydrogen-bond donors (Lipinski definition) is 0. The Kier molecular flexibility index (Phi) is 4.61. The summed E-state index contributed by atoms with van der Waals surface area (Å²) >= 11 is 0. The number of carbonyl (C=O) groups excluding carboxylic acids is 1. The molecule has 0 saturated carbocycles. The highest BCUT2D eigenvalue weighted by molar-refractivity contribution is 6.76. The van der Waals surface area contributed by atoms with Gasteiger partial charge in [0.1, 0.15) is 0 Å². The number of Topliss-reactive ketones (excluding diaryl/α,β-unsaturated/α-hetero) is 1. The van der Waals surface area contributed by atoms with Gasteiger partial charge in [-0.2, -0.15) is 0 Å². The van der Waals surface area contributed by atoms with Gasteiger partial charge in [-0.15, -0.1) is 11.8 Å². The van der Waals surface area contributed by atoms with Gasteiger partial charge in [0.15, 0.2) is 5.78 Å². The number of ketones is 1. The molecule has 1 aliphatic rings. The SMILES string of the molecule is CC1=C(C)C(C)(CCC#CC[Si](C)(C)C)CC1=O. The fourth-order valence-corrected chi connectivity index (χ4v) is 2.97. The lowest BCUT2D eigenvalue weighted by atomic mass is 9.79. The first-order chi connectivity index (χ1) is 8.16. The molecule has 18 heavy (non-hydrogen) atoms. The van der Waals surface area contributed by atoms with Crippen LogP contribution in [0.1, 0.15) is 40.0 Å². The lowest BCUT2D eigenvalue weighted by Gasteiger charge is -2.24. The van der Waals surface area contributed by atoms with Crippen molar-refractivity contribution < 1.29 is 4.79 Å². The van der Waals surface area contributed by atoms with E-state index in [4.69, 9.17) is 0 Å². The number of rotatable bonds is 3. The standard InChI is InChI=1S/C16H26OSi/c1-13-14(2)16(3,12-15(13)17)10-8-7-9-11-18(4,5)6/h8,10-12H2,1-6H3. The fraction of sp³-hybridized carbons (Fsp3) is 0.688. The summed E-state index contributed by atoms with van der Waals surface area (Å²) in [4.78, 5) is 11.7. The Labute approximate surface area is 113 Å². The molecule has 0 aromatic rings. The fourth-order valence-electron chi connectivity index (χ4n) is 2.31. The Balaban J connectivity index is 2.53. The molecule has 0 heterocycles. The van der Waals surface area contributed by atoms with E-state index in [1.165, 1.54) is 5.57 Å². The molecule has 0 radical (unpaired) electrons. The monoisotopic (exact) mass is 262 g/mol. The zero-order valence-corrected chi connectivity index (χ0v) is 13.7. The third-order valence-electron chi connectivity index (χ3n) is 3.98. The molecule has 0 N–H and O–H groups in total. The lowest BCUT2D eigenvalue weighted by molar-refractivity contribution is -0.116. The molecule has 1 unspecified atom stereocenters. The first-order valence-corrected chi connectivity index (χ1v) is 10.5. The van der Waals surface area contributed by atoms with Crippen molar-refractivity contribution >= 4 is 13.9 Å². The van der Waals surface area contributed by atoms with Gasteiger partial charge in [-0.05, 0) is 31.3 Å². The van der Waals surface area contributed by atoms with Crippen LogP contribution in [0.3, 0.4) is 0 Å². The average molecular weight is 262 g/mol. The molecule has 0 aliphatic heterocycles. The predicted molar refractivity (Wildman–Crippen MR) is 81.3 cm³/mol. The van der Waals surface area contributed by atoms with Gasteiger partial charge >= 0.3 is 0 Å². The van der Waals surface area contributed by atoms with Gasteiger partial charge < -0.3 is 0 Å². The summed E-state index contributed by atoms with van der Waals surface area (Å²) in [5.41, 5.74) is 2.32. The van der Waals surface area contributed by atoms with Crippen LogP contribution in [0.4, 0.5) is 0 Å². The maximum Gasteiger partial charge on any atom is 0.159 e. The number of allylic oxidation sites excluding steroid dienone is 2.